The Morgan fingerprint density at radius 2 is 2.12 bits per heavy atom. The molecule has 3 N–H and O–H groups in total. The second-order valence-electron chi connectivity index (χ2n) is 1.01. The van der Waals surface area contributed by atoms with E-state index in [1.54, 1.807) is 14.1 Å². The number of nitrogens with one attached hydrogen (secondary N) is 3. The summed E-state index contributed by atoms with van der Waals surface area (Å²) in [7, 11) is 3.39. The SMILES string of the molecule is C#[N+]N(NC)NNC. The van der Waals surface area contributed by atoms with Crippen molar-refractivity contribution in [1.82, 2.24) is 21.6 Å². The summed E-state index contributed by atoms with van der Waals surface area (Å²) in [4.78, 5) is 3.24. The van der Waals surface area contributed by atoms with Crippen molar-refractivity contribution in [1.29, 1.82) is 0 Å². The van der Waals surface area contributed by atoms with E-state index in [2.05, 4.69) is 21.3 Å². The third-order valence-corrected chi connectivity index (χ3v) is 0.545. The van der Waals surface area contributed by atoms with Crippen molar-refractivity contribution in [3.05, 3.63) is 4.95 Å². The number of hydrazine groups is 3. The van der Waals surface area contributed by atoms with Crippen LogP contribution in [0.15, 0.2) is 0 Å². The van der Waals surface area contributed by atoms with Crippen molar-refractivity contribution >= 4 is 0 Å². The molecule has 0 heterocycles. The summed E-state index contributed by atoms with van der Waals surface area (Å²) in [6.45, 7) is 4.86. The van der Waals surface area contributed by atoms with E-state index < -0.39 is 0 Å². The molecular weight excluding hydrogens is 106 g/mol. The molecule has 0 rings (SSSR count). The highest BCUT2D eigenvalue weighted by atomic mass is 15.9. The second kappa shape index (κ2) is 4.33. The zero-order valence-corrected chi connectivity index (χ0v) is 4.97. The maximum Gasteiger partial charge on any atom is 0.308 e. The molecular formula is C3H10N5+. The first-order valence-electron chi connectivity index (χ1n) is 2.16. The van der Waals surface area contributed by atoms with Crippen LogP contribution in [0, 0.1) is 6.57 Å². The monoisotopic (exact) mass is 116 g/mol. The fourth-order valence-corrected chi connectivity index (χ4v) is 0.248. The lowest BCUT2D eigenvalue weighted by Gasteiger charge is -2.01. The van der Waals surface area contributed by atoms with E-state index in [0.29, 0.717) is 0 Å². The summed E-state index contributed by atoms with van der Waals surface area (Å²) in [6, 6.07) is 0. The molecule has 0 atom stereocenters. The molecule has 0 saturated heterocycles. The van der Waals surface area contributed by atoms with Crippen LogP contribution < -0.4 is 16.4 Å². The molecule has 5 nitrogen and oxygen atoms in total. The minimum Gasteiger partial charge on any atom is -0.236 e. The molecule has 0 aromatic rings. The average Bonchev–Trinajstić information content (AvgIpc) is 1.83. The Balaban J connectivity index is 3.26. The standard InChI is InChI=1S/C3H10N5/c1-4-7-8(5-2)6-3/h2,4,6-7H,1,3H3/q+1. The van der Waals surface area contributed by atoms with Gasteiger partial charge in [-0.25, -0.2) is 5.43 Å². The van der Waals surface area contributed by atoms with Crippen LogP contribution in [0.3, 0.4) is 0 Å². The quantitative estimate of drug-likeness (QED) is 0.411. The first-order valence-corrected chi connectivity index (χ1v) is 2.16. The van der Waals surface area contributed by atoms with Gasteiger partial charge in [-0.2, -0.15) is 5.43 Å². The number of rotatable bonds is 3. The van der Waals surface area contributed by atoms with Crippen molar-refractivity contribution < 1.29 is 0 Å². The third kappa shape index (κ3) is 2.36. The third-order valence-electron chi connectivity index (χ3n) is 0.545. The minimum atomic E-state index is 1.22. The zero-order chi connectivity index (χ0) is 6.41. The van der Waals surface area contributed by atoms with Gasteiger partial charge >= 0.3 is 6.57 Å². The summed E-state index contributed by atoms with van der Waals surface area (Å²) in [6.07, 6.45) is 0. The molecule has 8 heavy (non-hydrogen) atoms. The summed E-state index contributed by atoms with van der Waals surface area (Å²) < 4.78 is 0. The Morgan fingerprint density at radius 1 is 1.50 bits per heavy atom. The first kappa shape index (κ1) is 7.17. The molecule has 0 radical (unpaired) electrons. The fourth-order valence-electron chi connectivity index (χ4n) is 0.248. The Labute approximate surface area is 48.4 Å². The molecule has 0 spiro atoms. The molecule has 0 unspecified atom stereocenters. The Morgan fingerprint density at radius 3 is 2.25 bits per heavy atom. The van der Waals surface area contributed by atoms with Gasteiger partial charge in [0.2, 0.25) is 0 Å². The van der Waals surface area contributed by atoms with Crippen LogP contribution in [-0.4, -0.2) is 19.3 Å². The Kier molecular flexibility index (Phi) is 3.88. The van der Waals surface area contributed by atoms with E-state index in [9.17, 15) is 0 Å². The highest BCUT2D eigenvalue weighted by Gasteiger charge is 1.99. The van der Waals surface area contributed by atoms with Crippen LogP contribution in [0.1, 0.15) is 0 Å². The van der Waals surface area contributed by atoms with Crippen molar-refractivity contribution in [2.45, 2.75) is 0 Å². The van der Waals surface area contributed by atoms with E-state index in [1.165, 1.54) is 5.23 Å². The minimum absolute atomic E-state index is 1.22. The molecule has 5 heteroatoms. The van der Waals surface area contributed by atoms with E-state index in [-0.39, 0.29) is 0 Å². The molecule has 0 bridgehead atoms. The number of hydrogen-bond acceptors (Lipinski definition) is 4. The van der Waals surface area contributed by atoms with Gasteiger partial charge < -0.3 is 0 Å². The molecule has 0 aromatic heterocycles. The van der Waals surface area contributed by atoms with Gasteiger partial charge in [-0.3, -0.25) is 0 Å². The van der Waals surface area contributed by atoms with Gasteiger partial charge in [-0.15, -0.1) is 0 Å². The van der Waals surface area contributed by atoms with Crippen LogP contribution in [0.25, 0.3) is 4.95 Å². The summed E-state index contributed by atoms with van der Waals surface area (Å²) in [5.41, 5.74) is 7.79. The van der Waals surface area contributed by atoms with Crippen molar-refractivity contribution in [2.24, 2.45) is 0 Å². The molecule has 0 aliphatic rings. The first-order chi connectivity index (χ1) is 3.85. The van der Waals surface area contributed by atoms with Crippen LogP contribution in [-0.2, 0) is 0 Å². The number of hydrogen-bond donors (Lipinski definition) is 3. The van der Waals surface area contributed by atoms with Crippen molar-refractivity contribution in [2.75, 3.05) is 14.1 Å². The van der Waals surface area contributed by atoms with Gasteiger partial charge in [0.1, 0.15) is 10.2 Å². The van der Waals surface area contributed by atoms with Crippen LogP contribution in [0.2, 0.25) is 0 Å². The molecule has 46 valence electrons. The molecule has 0 fully saturated rings. The van der Waals surface area contributed by atoms with Gasteiger partial charge in [0.15, 0.2) is 0 Å². The fraction of sp³-hybridized carbons (Fsp3) is 0.667. The summed E-state index contributed by atoms with van der Waals surface area (Å²) in [5.74, 6) is 0. The predicted octanol–water partition coefficient (Wildman–Crippen LogP) is -1.06. The molecule has 0 aromatic carbocycles. The maximum atomic E-state index is 4.86. The Bertz CT molecular complexity index is 84.2. The smallest absolute Gasteiger partial charge is 0.236 e. The lowest BCUT2D eigenvalue weighted by Crippen LogP contribution is -2.46. The van der Waals surface area contributed by atoms with Gasteiger partial charge in [0.05, 0.1) is 0 Å². The van der Waals surface area contributed by atoms with Crippen LogP contribution in [0.4, 0.5) is 0 Å². The molecule has 0 saturated carbocycles. The van der Waals surface area contributed by atoms with E-state index in [0.717, 1.165) is 0 Å². The summed E-state index contributed by atoms with van der Waals surface area (Å²) in [5, 5.41) is 1.22. The molecule has 0 aliphatic heterocycles. The highest BCUT2D eigenvalue weighted by molar-refractivity contribution is 4.53. The topological polar surface area (TPSA) is 43.7 Å². The van der Waals surface area contributed by atoms with Gasteiger partial charge in [0.25, 0.3) is 0 Å². The Hall–Kier alpha value is -0.830. The van der Waals surface area contributed by atoms with Gasteiger partial charge in [-0.05, 0) is 0 Å². The molecule has 0 amide bonds. The van der Waals surface area contributed by atoms with Crippen molar-refractivity contribution in [3.63, 3.8) is 0 Å². The average molecular weight is 116 g/mol. The zero-order valence-electron chi connectivity index (χ0n) is 4.97. The largest absolute Gasteiger partial charge is 0.308 e. The van der Waals surface area contributed by atoms with E-state index in [4.69, 9.17) is 6.57 Å². The highest BCUT2D eigenvalue weighted by Crippen LogP contribution is 1.65. The van der Waals surface area contributed by atoms with Crippen LogP contribution >= 0.6 is 0 Å². The van der Waals surface area contributed by atoms with E-state index in [1.807, 2.05) is 0 Å². The maximum absolute atomic E-state index is 4.86. The number of nitrogens with zero attached hydrogens (tertiary/aromatic N) is 2. The van der Waals surface area contributed by atoms with E-state index >= 15 is 0 Å². The molecule has 0 aliphatic carbocycles. The lowest BCUT2D eigenvalue weighted by molar-refractivity contribution is 0.173. The summed E-state index contributed by atoms with van der Waals surface area (Å²) >= 11 is 0. The van der Waals surface area contributed by atoms with Gasteiger partial charge in [0, 0.05) is 14.1 Å². The van der Waals surface area contributed by atoms with Gasteiger partial charge in [-0.1, -0.05) is 5.53 Å². The predicted molar refractivity (Wildman–Crippen MR) is 31.4 cm³/mol. The second-order valence-corrected chi connectivity index (χ2v) is 1.01. The lowest BCUT2D eigenvalue weighted by atomic mass is 11.4. The van der Waals surface area contributed by atoms with Crippen LogP contribution in [0.5, 0.6) is 0 Å². The van der Waals surface area contributed by atoms with Crippen molar-refractivity contribution in [3.8, 4) is 6.57 Å². The normalized spacial score (nSPS) is 8.12.